The monoisotopic (exact) mass is 272 g/mol. The van der Waals surface area contributed by atoms with Gasteiger partial charge in [-0.15, -0.1) is 10.1 Å². The van der Waals surface area contributed by atoms with Crippen molar-refractivity contribution in [1.82, 2.24) is 10.1 Å². The smallest absolute Gasteiger partial charge is 0.354 e. The Morgan fingerprint density at radius 1 is 0.947 bits per heavy atom. The number of hydrogen-bond acceptors (Lipinski definition) is 7. The largest absolute Gasteiger partial charge is 0.381 e. The quantitative estimate of drug-likeness (QED) is 0.745. The third-order valence-electron chi connectivity index (χ3n) is 3.21. The summed E-state index contributed by atoms with van der Waals surface area (Å²) in [6, 6.07) is 0. The van der Waals surface area contributed by atoms with Crippen molar-refractivity contribution in [2.75, 3.05) is 26.2 Å². The first-order valence-electron chi connectivity index (χ1n) is 6.76. The molecule has 0 saturated carbocycles. The Kier molecular flexibility index (Phi) is 5.12. The standard InChI is InChI=1S/C12H20N2O5/c15-10(12(17)19-14-7-3-4-8-14)9-11(16)18-13-5-1-2-6-13/h10,15H,1-9H2. The number of carbonyl (C=O) groups is 2. The molecule has 2 rings (SSSR count). The van der Waals surface area contributed by atoms with Crippen molar-refractivity contribution < 1.29 is 24.4 Å². The van der Waals surface area contributed by atoms with Crippen LogP contribution in [0.3, 0.4) is 0 Å². The minimum absolute atomic E-state index is 0.372. The van der Waals surface area contributed by atoms with E-state index in [1.165, 1.54) is 5.06 Å². The molecule has 0 spiro atoms. The molecule has 0 aromatic heterocycles. The van der Waals surface area contributed by atoms with Crippen LogP contribution >= 0.6 is 0 Å². The van der Waals surface area contributed by atoms with Gasteiger partial charge in [0, 0.05) is 26.2 Å². The third-order valence-corrected chi connectivity index (χ3v) is 3.21. The molecule has 2 fully saturated rings. The Balaban J connectivity index is 1.68. The van der Waals surface area contributed by atoms with Crippen LogP contribution in [0.4, 0.5) is 0 Å². The minimum Gasteiger partial charge on any atom is -0.381 e. The van der Waals surface area contributed by atoms with Crippen molar-refractivity contribution in [2.45, 2.75) is 38.2 Å². The van der Waals surface area contributed by atoms with E-state index in [1.54, 1.807) is 5.06 Å². The van der Waals surface area contributed by atoms with Gasteiger partial charge in [-0.2, -0.15) is 0 Å². The van der Waals surface area contributed by atoms with Crippen molar-refractivity contribution in [3.8, 4) is 0 Å². The summed E-state index contributed by atoms with van der Waals surface area (Å²) in [7, 11) is 0. The highest BCUT2D eigenvalue weighted by atomic mass is 16.7. The molecule has 0 aliphatic carbocycles. The fraction of sp³-hybridized carbons (Fsp3) is 0.833. The lowest BCUT2D eigenvalue weighted by Crippen LogP contribution is -2.34. The number of hydrogen-bond donors (Lipinski definition) is 1. The normalized spacial score (nSPS) is 22.4. The average molecular weight is 272 g/mol. The molecule has 108 valence electrons. The maximum Gasteiger partial charge on any atom is 0.354 e. The molecule has 7 nitrogen and oxygen atoms in total. The SMILES string of the molecule is O=C(CC(O)C(=O)ON1CCCC1)ON1CCCC1. The van der Waals surface area contributed by atoms with Gasteiger partial charge in [0.1, 0.15) is 0 Å². The van der Waals surface area contributed by atoms with Gasteiger partial charge < -0.3 is 14.8 Å². The molecule has 2 saturated heterocycles. The Hall–Kier alpha value is -1.18. The summed E-state index contributed by atoms with van der Waals surface area (Å²) in [5.74, 6) is -1.40. The second-order valence-electron chi connectivity index (χ2n) is 4.87. The van der Waals surface area contributed by atoms with Crippen molar-refractivity contribution in [1.29, 1.82) is 0 Å². The van der Waals surface area contributed by atoms with Gasteiger partial charge in [-0.25, -0.2) is 4.79 Å². The first-order valence-corrected chi connectivity index (χ1v) is 6.76. The molecule has 1 atom stereocenters. The van der Waals surface area contributed by atoms with Crippen molar-refractivity contribution in [3.63, 3.8) is 0 Å². The second kappa shape index (κ2) is 6.83. The van der Waals surface area contributed by atoms with Gasteiger partial charge >= 0.3 is 11.9 Å². The highest BCUT2D eigenvalue weighted by Crippen LogP contribution is 2.11. The Labute approximate surface area is 112 Å². The number of aliphatic hydroxyl groups excluding tert-OH is 1. The third kappa shape index (κ3) is 4.45. The van der Waals surface area contributed by atoms with Crippen LogP contribution < -0.4 is 0 Å². The summed E-state index contributed by atoms with van der Waals surface area (Å²) < 4.78 is 0. The molecule has 7 heteroatoms. The molecule has 0 radical (unpaired) electrons. The Morgan fingerprint density at radius 2 is 1.42 bits per heavy atom. The van der Waals surface area contributed by atoms with E-state index in [9.17, 15) is 14.7 Å². The van der Waals surface area contributed by atoms with Crippen molar-refractivity contribution in [2.24, 2.45) is 0 Å². The Bertz CT molecular complexity index is 324. The van der Waals surface area contributed by atoms with E-state index in [1.807, 2.05) is 0 Å². The zero-order valence-corrected chi connectivity index (χ0v) is 10.9. The molecule has 19 heavy (non-hydrogen) atoms. The molecule has 0 aromatic carbocycles. The summed E-state index contributed by atoms with van der Waals surface area (Å²) in [6.45, 7) is 2.77. The van der Waals surface area contributed by atoms with Gasteiger partial charge in [0.25, 0.3) is 0 Å². The maximum absolute atomic E-state index is 11.5. The molecule has 0 bridgehead atoms. The van der Waals surface area contributed by atoms with Crippen LogP contribution in [-0.4, -0.2) is 59.5 Å². The molecule has 0 amide bonds. The number of aliphatic hydroxyl groups is 1. The summed E-state index contributed by atoms with van der Waals surface area (Å²) in [5, 5.41) is 12.7. The fourth-order valence-corrected chi connectivity index (χ4v) is 2.17. The highest BCUT2D eigenvalue weighted by Gasteiger charge is 2.27. The van der Waals surface area contributed by atoms with Gasteiger partial charge in [-0.1, -0.05) is 0 Å². The Morgan fingerprint density at radius 3 is 1.95 bits per heavy atom. The fourth-order valence-electron chi connectivity index (χ4n) is 2.17. The van der Waals surface area contributed by atoms with Crippen LogP contribution in [0, 0.1) is 0 Å². The lowest BCUT2D eigenvalue weighted by Gasteiger charge is -2.18. The van der Waals surface area contributed by atoms with Gasteiger partial charge in [0.15, 0.2) is 6.10 Å². The van der Waals surface area contributed by atoms with Crippen LogP contribution in [0.1, 0.15) is 32.1 Å². The number of rotatable bonds is 5. The van der Waals surface area contributed by atoms with E-state index in [4.69, 9.17) is 9.68 Å². The topological polar surface area (TPSA) is 79.3 Å². The molecule has 2 aliphatic rings. The van der Waals surface area contributed by atoms with E-state index < -0.39 is 18.0 Å². The van der Waals surface area contributed by atoms with Crippen LogP contribution in [0.15, 0.2) is 0 Å². The van der Waals surface area contributed by atoms with Crippen LogP contribution in [0.2, 0.25) is 0 Å². The van der Waals surface area contributed by atoms with E-state index in [0.29, 0.717) is 26.2 Å². The van der Waals surface area contributed by atoms with Gasteiger partial charge in [-0.3, -0.25) is 4.79 Å². The van der Waals surface area contributed by atoms with E-state index >= 15 is 0 Å². The van der Waals surface area contributed by atoms with Crippen LogP contribution in [0.5, 0.6) is 0 Å². The van der Waals surface area contributed by atoms with Gasteiger partial charge in [0.05, 0.1) is 6.42 Å². The number of hydroxylamine groups is 4. The summed E-state index contributed by atoms with van der Waals surface area (Å²) in [6.07, 6.45) is 2.10. The molecule has 0 aromatic rings. The lowest BCUT2D eigenvalue weighted by atomic mass is 10.2. The molecule has 2 heterocycles. The number of carbonyl (C=O) groups excluding carboxylic acids is 2. The minimum atomic E-state index is -1.46. The predicted molar refractivity (Wildman–Crippen MR) is 64.4 cm³/mol. The molecule has 1 unspecified atom stereocenters. The van der Waals surface area contributed by atoms with Crippen molar-refractivity contribution >= 4 is 11.9 Å². The summed E-state index contributed by atoms with van der Waals surface area (Å²) in [5.41, 5.74) is 0. The molecular formula is C12H20N2O5. The maximum atomic E-state index is 11.5. The van der Waals surface area contributed by atoms with E-state index in [2.05, 4.69) is 0 Å². The zero-order chi connectivity index (χ0) is 13.7. The average Bonchev–Trinajstić information content (AvgIpc) is 3.01. The number of nitrogens with zero attached hydrogens (tertiary/aromatic N) is 2. The lowest BCUT2D eigenvalue weighted by molar-refractivity contribution is -0.202. The van der Waals surface area contributed by atoms with E-state index in [-0.39, 0.29) is 6.42 Å². The first kappa shape index (κ1) is 14.2. The summed E-state index contributed by atoms with van der Waals surface area (Å²) >= 11 is 0. The van der Waals surface area contributed by atoms with Crippen molar-refractivity contribution in [3.05, 3.63) is 0 Å². The molecule has 1 N–H and O–H groups in total. The second-order valence-corrected chi connectivity index (χ2v) is 4.87. The highest BCUT2D eigenvalue weighted by molar-refractivity contribution is 5.81. The van der Waals surface area contributed by atoms with Crippen LogP contribution in [-0.2, 0) is 19.3 Å². The predicted octanol–water partition coefficient (Wildman–Crippen LogP) is -0.155. The zero-order valence-electron chi connectivity index (χ0n) is 10.9. The first-order chi connectivity index (χ1) is 9.15. The summed E-state index contributed by atoms with van der Waals surface area (Å²) in [4.78, 5) is 33.0. The van der Waals surface area contributed by atoms with E-state index in [0.717, 1.165) is 25.7 Å². The van der Waals surface area contributed by atoms with Crippen LogP contribution in [0.25, 0.3) is 0 Å². The van der Waals surface area contributed by atoms with Gasteiger partial charge in [0.2, 0.25) is 0 Å². The molecule has 2 aliphatic heterocycles. The molecular weight excluding hydrogens is 252 g/mol. The van der Waals surface area contributed by atoms with Gasteiger partial charge in [-0.05, 0) is 25.7 Å².